The van der Waals surface area contributed by atoms with E-state index in [4.69, 9.17) is 13.9 Å². The molecule has 5 heteroatoms. The Morgan fingerprint density at radius 3 is 3.00 bits per heavy atom. The Bertz CT molecular complexity index is 641. The summed E-state index contributed by atoms with van der Waals surface area (Å²) in [6, 6.07) is 9.91. The highest BCUT2D eigenvalue weighted by atomic mass is 16.5. The van der Waals surface area contributed by atoms with Gasteiger partial charge in [0.05, 0.1) is 20.0 Å². The van der Waals surface area contributed by atoms with Crippen molar-refractivity contribution >= 4 is 0 Å². The van der Waals surface area contributed by atoms with Gasteiger partial charge in [-0.15, -0.1) is 0 Å². The maximum atomic E-state index is 10.3. The molecule has 0 spiro atoms. The Balaban J connectivity index is 1.68. The van der Waals surface area contributed by atoms with E-state index in [1.807, 2.05) is 12.1 Å². The van der Waals surface area contributed by atoms with Gasteiger partial charge < -0.3 is 24.3 Å². The van der Waals surface area contributed by atoms with E-state index in [0.29, 0.717) is 18.8 Å². The van der Waals surface area contributed by atoms with Crippen molar-refractivity contribution in [1.82, 2.24) is 5.32 Å². The van der Waals surface area contributed by atoms with Crippen LogP contribution in [0, 0.1) is 0 Å². The molecule has 1 aliphatic heterocycles. The standard InChI is InChI=1S/C19H25NO4/c1-13(11-17(21)18-6-4-10-23-18)20-16-5-3-9-24-19-12-14(22-2)7-8-15(16)19/h4,6-8,10,12-13,16-17,20-21H,3,5,9,11H2,1-2H3/t13-,16+,17-/m1/s1. The lowest BCUT2D eigenvalue weighted by atomic mass is 9.99. The molecule has 1 aromatic heterocycles. The lowest BCUT2D eigenvalue weighted by Crippen LogP contribution is -2.31. The van der Waals surface area contributed by atoms with E-state index >= 15 is 0 Å². The molecular formula is C19H25NO4. The molecule has 2 aromatic rings. The number of fused-ring (bicyclic) bond motifs is 1. The van der Waals surface area contributed by atoms with Crippen LogP contribution in [0.1, 0.15) is 49.7 Å². The summed E-state index contributed by atoms with van der Waals surface area (Å²) in [6.45, 7) is 2.79. The first-order valence-corrected chi connectivity index (χ1v) is 8.45. The normalized spacial score (nSPS) is 19.7. The largest absolute Gasteiger partial charge is 0.497 e. The number of hydrogen-bond acceptors (Lipinski definition) is 5. The van der Waals surface area contributed by atoms with Crippen molar-refractivity contribution in [2.45, 2.75) is 44.4 Å². The second kappa shape index (κ2) is 7.73. The Labute approximate surface area is 142 Å². The Kier molecular flexibility index (Phi) is 5.43. The Hall–Kier alpha value is -1.98. The molecule has 2 N–H and O–H groups in total. The number of ether oxygens (including phenoxy) is 2. The summed E-state index contributed by atoms with van der Waals surface area (Å²) < 4.78 is 16.4. The predicted octanol–water partition coefficient (Wildman–Crippen LogP) is 3.60. The molecule has 0 saturated carbocycles. The fourth-order valence-electron chi connectivity index (χ4n) is 3.20. The van der Waals surface area contributed by atoms with E-state index in [1.165, 1.54) is 0 Å². The molecule has 2 heterocycles. The molecular weight excluding hydrogens is 306 g/mol. The second-order valence-electron chi connectivity index (χ2n) is 6.28. The van der Waals surface area contributed by atoms with Crippen LogP contribution < -0.4 is 14.8 Å². The van der Waals surface area contributed by atoms with E-state index in [2.05, 4.69) is 18.3 Å². The van der Waals surface area contributed by atoms with E-state index in [1.54, 1.807) is 25.5 Å². The fraction of sp³-hybridized carbons (Fsp3) is 0.474. The third-order valence-electron chi connectivity index (χ3n) is 4.42. The minimum Gasteiger partial charge on any atom is -0.497 e. The van der Waals surface area contributed by atoms with Crippen LogP contribution >= 0.6 is 0 Å². The van der Waals surface area contributed by atoms with Crippen LogP contribution in [0.4, 0.5) is 0 Å². The van der Waals surface area contributed by atoms with Crippen molar-refractivity contribution in [3.8, 4) is 11.5 Å². The second-order valence-corrected chi connectivity index (χ2v) is 6.28. The van der Waals surface area contributed by atoms with Gasteiger partial charge in [0.25, 0.3) is 0 Å². The van der Waals surface area contributed by atoms with Gasteiger partial charge in [-0.25, -0.2) is 0 Å². The van der Waals surface area contributed by atoms with Crippen molar-refractivity contribution in [2.24, 2.45) is 0 Å². The zero-order valence-electron chi connectivity index (χ0n) is 14.2. The third-order valence-corrected chi connectivity index (χ3v) is 4.42. The molecule has 1 aromatic carbocycles. The smallest absolute Gasteiger partial charge is 0.132 e. The van der Waals surface area contributed by atoms with Crippen molar-refractivity contribution in [2.75, 3.05) is 13.7 Å². The summed E-state index contributed by atoms with van der Waals surface area (Å²) in [7, 11) is 1.66. The molecule has 0 fully saturated rings. The first-order chi connectivity index (χ1) is 11.7. The van der Waals surface area contributed by atoms with Gasteiger partial charge in [0.1, 0.15) is 23.4 Å². The average Bonchev–Trinajstić information content (AvgIpc) is 3.05. The quantitative estimate of drug-likeness (QED) is 0.847. The predicted molar refractivity (Wildman–Crippen MR) is 91.3 cm³/mol. The summed E-state index contributed by atoms with van der Waals surface area (Å²) >= 11 is 0. The van der Waals surface area contributed by atoms with E-state index in [9.17, 15) is 5.11 Å². The zero-order valence-corrected chi connectivity index (χ0v) is 14.2. The average molecular weight is 331 g/mol. The number of nitrogens with one attached hydrogen (secondary N) is 1. The highest BCUT2D eigenvalue weighted by Gasteiger charge is 2.23. The topological polar surface area (TPSA) is 63.9 Å². The van der Waals surface area contributed by atoms with E-state index in [0.717, 1.165) is 29.9 Å². The molecule has 0 aliphatic carbocycles. The number of furan rings is 1. The van der Waals surface area contributed by atoms with Crippen molar-refractivity contribution in [3.63, 3.8) is 0 Å². The number of rotatable bonds is 6. The summed E-state index contributed by atoms with van der Waals surface area (Å²) in [5, 5.41) is 13.9. The summed E-state index contributed by atoms with van der Waals surface area (Å²) in [4.78, 5) is 0. The molecule has 1 aliphatic rings. The molecule has 0 saturated heterocycles. The SMILES string of the molecule is COc1ccc2c(c1)OCCC[C@@H]2N[C@H](C)C[C@@H](O)c1ccco1. The maximum Gasteiger partial charge on any atom is 0.132 e. The van der Waals surface area contributed by atoms with Gasteiger partial charge in [-0.05, 0) is 44.4 Å². The monoisotopic (exact) mass is 331 g/mol. The zero-order chi connectivity index (χ0) is 16.9. The third kappa shape index (κ3) is 3.91. The van der Waals surface area contributed by atoms with Crippen LogP contribution in [-0.2, 0) is 0 Å². The molecule has 5 nitrogen and oxygen atoms in total. The van der Waals surface area contributed by atoms with E-state index in [-0.39, 0.29) is 12.1 Å². The summed E-state index contributed by atoms with van der Waals surface area (Å²) in [5.74, 6) is 2.29. The van der Waals surface area contributed by atoms with Crippen molar-refractivity contribution in [1.29, 1.82) is 0 Å². The van der Waals surface area contributed by atoms with Gasteiger partial charge in [0.15, 0.2) is 0 Å². The minimum absolute atomic E-state index is 0.142. The molecule has 3 atom stereocenters. The van der Waals surface area contributed by atoms with Crippen molar-refractivity contribution in [3.05, 3.63) is 47.9 Å². The highest BCUT2D eigenvalue weighted by molar-refractivity contribution is 5.43. The number of aliphatic hydroxyl groups is 1. The molecule has 0 bridgehead atoms. The van der Waals surface area contributed by atoms with E-state index < -0.39 is 6.10 Å². The molecule has 0 amide bonds. The molecule has 0 radical (unpaired) electrons. The van der Waals surface area contributed by atoms with Crippen LogP contribution in [0.15, 0.2) is 41.0 Å². The Morgan fingerprint density at radius 1 is 1.38 bits per heavy atom. The van der Waals surface area contributed by atoms with Crippen LogP contribution in [0.5, 0.6) is 11.5 Å². The van der Waals surface area contributed by atoms with Crippen LogP contribution in [0.25, 0.3) is 0 Å². The number of benzene rings is 1. The van der Waals surface area contributed by atoms with Crippen LogP contribution in [0.3, 0.4) is 0 Å². The van der Waals surface area contributed by atoms with Gasteiger partial charge in [0, 0.05) is 23.7 Å². The highest BCUT2D eigenvalue weighted by Crippen LogP contribution is 2.35. The van der Waals surface area contributed by atoms with Gasteiger partial charge in [0.2, 0.25) is 0 Å². The lowest BCUT2D eigenvalue weighted by molar-refractivity contribution is 0.126. The first-order valence-electron chi connectivity index (χ1n) is 8.45. The van der Waals surface area contributed by atoms with Crippen LogP contribution in [0.2, 0.25) is 0 Å². The minimum atomic E-state index is -0.597. The van der Waals surface area contributed by atoms with Gasteiger partial charge in [-0.2, -0.15) is 0 Å². The van der Waals surface area contributed by atoms with Gasteiger partial charge in [-0.1, -0.05) is 6.07 Å². The molecule has 130 valence electrons. The molecule has 3 rings (SSSR count). The fourth-order valence-corrected chi connectivity index (χ4v) is 3.20. The maximum absolute atomic E-state index is 10.3. The molecule has 24 heavy (non-hydrogen) atoms. The van der Waals surface area contributed by atoms with Crippen molar-refractivity contribution < 1.29 is 19.0 Å². The summed E-state index contributed by atoms with van der Waals surface area (Å²) in [5.41, 5.74) is 1.15. The van der Waals surface area contributed by atoms with Crippen LogP contribution in [-0.4, -0.2) is 24.9 Å². The Morgan fingerprint density at radius 2 is 2.25 bits per heavy atom. The number of methoxy groups -OCH3 is 1. The lowest BCUT2D eigenvalue weighted by Gasteiger charge is -2.24. The number of aliphatic hydroxyl groups excluding tert-OH is 1. The van der Waals surface area contributed by atoms with Gasteiger partial charge in [-0.3, -0.25) is 0 Å². The van der Waals surface area contributed by atoms with Gasteiger partial charge >= 0.3 is 0 Å². The number of hydrogen-bond donors (Lipinski definition) is 2. The first kappa shape index (κ1) is 16.9. The molecule has 0 unspecified atom stereocenters. The summed E-state index contributed by atoms with van der Waals surface area (Å²) in [6.07, 6.45) is 3.57.